The molecule has 0 amide bonds. The predicted octanol–water partition coefficient (Wildman–Crippen LogP) is 3.68. The lowest BCUT2D eigenvalue weighted by Crippen LogP contribution is -2.23. The number of Topliss-reactive ketones (excluding diaryl/α,β-unsaturated/α-hetero) is 1. The van der Waals surface area contributed by atoms with Gasteiger partial charge in [0, 0.05) is 11.5 Å². The lowest BCUT2D eigenvalue weighted by atomic mass is 9.77. The van der Waals surface area contributed by atoms with E-state index in [1.165, 1.54) is 6.42 Å². The second-order valence-electron chi connectivity index (χ2n) is 5.42. The summed E-state index contributed by atoms with van der Waals surface area (Å²) in [6.45, 7) is 2.21. The van der Waals surface area contributed by atoms with Crippen molar-refractivity contribution in [2.24, 2.45) is 11.8 Å². The number of benzene rings is 1. The zero-order valence-electron chi connectivity index (χ0n) is 11.8. The maximum absolute atomic E-state index is 12.6. The third kappa shape index (κ3) is 2.91. The summed E-state index contributed by atoms with van der Waals surface area (Å²) in [6, 6.07) is 5.44. The van der Waals surface area contributed by atoms with Crippen molar-refractivity contribution >= 4 is 11.5 Å². The molecule has 1 aromatic carbocycles. The summed E-state index contributed by atoms with van der Waals surface area (Å²) in [6.07, 6.45) is 5.57. The maximum atomic E-state index is 12.6. The molecule has 0 saturated heterocycles. The number of hydrogen-bond acceptors (Lipinski definition) is 3. The number of carbonyl (C=O) groups is 1. The molecule has 104 valence electrons. The van der Waals surface area contributed by atoms with Gasteiger partial charge in [0.05, 0.1) is 12.8 Å². The van der Waals surface area contributed by atoms with Gasteiger partial charge in [0.25, 0.3) is 0 Å². The van der Waals surface area contributed by atoms with Gasteiger partial charge in [0.2, 0.25) is 0 Å². The molecule has 0 spiro atoms. The molecule has 2 atom stereocenters. The summed E-state index contributed by atoms with van der Waals surface area (Å²) >= 11 is 0. The fourth-order valence-corrected chi connectivity index (χ4v) is 3.06. The molecular formula is C16H23NO2. The second kappa shape index (κ2) is 6.09. The van der Waals surface area contributed by atoms with Crippen molar-refractivity contribution in [1.82, 2.24) is 0 Å². The lowest BCUT2D eigenvalue weighted by molar-refractivity contribution is 0.0862. The Labute approximate surface area is 115 Å². The molecule has 1 aromatic rings. The Morgan fingerprint density at radius 3 is 2.89 bits per heavy atom. The molecule has 1 aliphatic carbocycles. The van der Waals surface area contributed by atoms with Crippen LogP contribution in [0.15, 0.2) is 18.2 Å². The van der Waals surface area contributed by atoms with Crippen LogP contribution in [0.25, 0.3) is 0 Å². The first-order valence-corrected chi connectivity index (χ1v) is 7.14. The van der Waals surface area contributed by atoms with E-state index < -0.39 is 0 Å². The molecule has 2 unspecified atom stereocenters. The Bertz CT molecular complexity index is 456. The SMILES string of the molecule is CCC1CCCC(C(=O)c2cccc(OC)c2N)C1. The van der Waals surface area contributed by atoms with E-state index in [1.807, 2.05) is 12.1 Å². The van der Waals surface area contributed by atoms with Crippen LogP contribution in [0.3, 0.4) is 0 Å². The van der Waals surface area contributed by atoms with E-state index in [2.05, 4.69) is 6.92 Å². The smallest absolute Gasteiger partial charge is 0.168 e. The third-order valence-electron chi connectivity index (χ3n) is 4.28. The summed E-state index contributed by atoms with van der Waals surface area (Å²) in [5.41, 5.74) is 7.13. The van der Waals surface area contributed by atoms with E-state index >= 15 is 0 Å². The minimum Gasteiger partial charge on any atom is -0.495 e. The van der Waals surface area contributed by atoms with E-state index in [0.717, 1.165) is 25.7 Å². The van der Waals surface area contributed by atoms with Crippen molar-refractivity contribution in [2.45, 2.75) is 39.0 Å². The van der Waals surface area contributed by atoms with Crippen LogP contribution in [-0.2, 0) is 0 Å². The highest BCUT2D eigenvalue weighted by atomic mass is 16.5. The Morgan fingerprint density at radius 2 is 2.21 bits per heavy atom. The van der Waals surface area contributed by atoms with E-state index in [0.29, 0.717) is 22.9 Å². The van der Waals surface area contributed by atoms with Crippen molar-refractivity contribution in [2.75, 3.05) is 12.8 Å². The number of hydrogen-bond donors (Lipinski definition) is 1. The minimum atomic E-state index is 0.133. The molecule has 0 radical (unpaired) electrons. The molecule has 1 saturated carbocycles. The first kappa shape index (κ1) is 13.9. The fourth-order valence-electron chi connectivity index (χ4n) is 3.06. The molecular weight excluding hydrogens is 238 g/mol. The van der Waals surface area contributed by atoms with Crippen molar-refractivity contribution < 1.29 is 9.53 Å². The average Bonchev–Trinajstić information content (AvgIpc) is 2.47. The number of rotatable bonds is 4. The Hall–Kier alpha value is -1.51. The molecule has 0 heterocycles. The molecule has 19 heavy (non-hydrogen) atoms. The van der Waals surface area contributed by atoms with Crippen LogP contribution in [0, 0.1) is 11.8 Å². The van der Waals surface area contributed by atoms with E-state index in [4.69, 9.17) is 10.5 Å². The van der Waals surface area contributed by atoms with Gasteiger partial charge in [-0.05, 0) is 30.9 Å². The Morgan fingerprint density at radius 1 is 1.42 bits per heavy atom. The number of ketones is 1. The van der Waals surface area contributed by atoms with Gasteiger partial charge >= 0.3 is 0 Å². The lowest BCUT2D eigenvalue weighted by Gasteiger charge is -2.27. The normalized spacial score (nSPS) is 23.1. The zero-order valence-corrected chi connectivity index (χ0v) is 11.8. The van der Waals surface area contributed by atoms with Crippen LogP contribution >= 0.6 is 0 Å². The van der Waals surface area contributed by atoms with Crippen LogP contribution in [0.2, 0.25) is 0 Å². The summed E-state index contributed by atoms with van der Waals surface area (Å²) in [4.78, 5) is 12.6. The fraction of sp³-hybridized carbons (Fsp3) is 0.562. The number of nitrogens with two attached hydrogens (primary N) is 1. The molecule has 0 bridgehead atoms. The monoisotopic (exact) mass is 261 g/mol. The number of anilines is 1. The molecule has 3 heteroatoms. The van der Waals surface area contributed by atoms with Gasteiger partial charge in [-0.1, -0.05) is 32.3 Å². The van der Waals surface area contributed by atoms with Crippen LogP contribution in [0.1, 0.15) is 49.4 Å². The van der Waals surface area contributed by atoms with Gasteiger partial charge < -0.3 is 10.5 Å². The van der Waals surface area contributed by atoms with Crippen LogP contribution in [0.5, 0.6) is 5.75 Å². The molecule has 0 aromatic heterocycles. The quantitative estimate of drug-likeness (QED) is 0.664. The first-order chi connectivity index (χ1) is 9.17. The summed E-state index contributed by atoms with van der Waals surface area (Å²) in [7, 11) is 1.58. The number of ether oxygens (including phenoxy) is 1. The van der Waals surface area contributed by atoms with Gasteiger partial charge in [-0.2, -0.15) is 0 Å². The number of nitrogen functional groups attached to an aromatic ring is 1. The van der Waals surface area contributed by atoms with E-state index in [-0.39, 0.29) is 11.7 Å². The van der Waals surface area contributed by atoms with Gasteiger partial charge in [0.15, 0.2) is 5.78 Å². The molecule has 2 rings (SSSR count). The van der Waals surface area contributed by atoms with Crippen LogP contribution in [-0.4, -0.2) is 12.9 Å². The van der Waals surface area contributed by atoms with Gasteiger partial charge in [-0.25, -0.2) is 0 Å². The molecule has 3 nitrogen and oxygen atoms in total. The van der Waals surface area contributed by atoms with Crippen molar-refractivity contribution in [3.8, 4) is 5.75 Å². The topological polar surface area (TPSA) is 52.3 Å². The minimum absolute atomic E-state index is 0.133. The average molecular weight is 261 g/mol. The highest BCUT2D eigenvalue weighted by Crippen LogP contribution is 2.35. The Kier molecular flexibility index (Phi) is 4.46. The van der Waals surface area contributed by atoms with E-state index in [1.54, 1.807) is 13.2 Å². The number of carbonyl (C=O) groups excluding carboxylic acids is 1. The highest BCUT2D eigenvalue weighted by molar-refractivity contribution is 6.03. The number of methoxy groups -OCH3 is 1. The van der Waals surface area contributed by atoms with E-state index in [9.17, 15) is 4.79 Å². The summed E-state index contributed by atoms with van der Waals surface area (Å²) < 4.78 is 5.19. The van der Waals surface area contributed by atoms with Crippen LogP contribution < -0.4 is 10.5 Å². The van der Waals surface area contributed by atoms with Gasteiger partial charge in [0.1, 0.15) is 5.75 Å². The van der Waals surface area contributed by atoms with Gasteiger partial charge in [-0.3, -0.25) is 4.79 Å². The largest absolute Gasteiger partial charge is 0.495 e. The third-order valence-corrected chi connectivity index (χ3v) is 4.28. The zero-order chi connectivity index (χ0) is 13.8. The highest BCUT2D eigenvalue weighted by Gasteiger charge is 2.28. The van der Waals surface area contributed by atoms with Crippen molar-refractivity contribution in [1.29, 1.82) is 0 Å². The second-order valence-corrected chi connectivity index (χ2v) is 5.42. The molecule has 2 N–H and O–H groups in total. The first-order valence-electron chi connectivity index (χ1n) is 7.14. The Balaban J connectivity index is 2.19. The maximum Gasteiger partial charge on any atom is 0.168 e. The molecule has 1 fully saturated rings. The molecule has 1 aliphatic rings. The number of para-hydroxylation sites is 1. The van der Waals surface area contributed by atoms with Crippen LogP contribution in [0.4, 0.5) is 5.69 Å². The summed E-state index contributed by atoms with van der Waals surface area (Å²) in [5, 5.41) is 0. The standard InChI is InChI=1S/C16H23NO2/c1-3-11-6-4-7-12(10-11)16(18)13-8-5-9-14(19-2)15(13)17/h5,8-9,11-12H,3-4,6-7,10,17H2,1-2H3. The van der Waals surface area contributed by atoms with Crippen molar-refractivity contribution in [3.63, 3.8) is 0 Å². The summed E-state index contributed by atoms with van der Waals surface area (Å²) in [5.74, 6) is 1.60. The van der Waals surface area contributed by atoms with Crippen molar-refractivity contribution in [3.05, 3.63) is 23.8 Å². The predicted molar refractivity (Wildman–Crippen MR) is 77.5 cm³/mol. The molecule has 0 aliphatic heterocycles. The van der Waals surface area contributed by atoms with Gasteiger partial charge in [-0.15, -0.1) is 0 Å².